The standard InChI is InChI=1S/C21H27NO3/c1-3-13-22-14-17(23)15-25-21-18(16-9-6-5-7-10-16)11-8-12-19(21)20(24)4-2/h5-12,17,22-23H,3-4,13-15H2,1-2H3. The second-order valence-electron chi connectivity index (χ2n) is 5.99. The quantitative estimate of drug-likeness (QED) is 0.511. The summed E-state index contributed by atoms with van der Waals surface area (Å²) in [4.78, 5) is 12.3. The fourth-order valence-corrected chi connectivity index (χ4v) is 2.63. The molecule has 0 spiro atoms. The second-order valence-corrected chi connectivity index (χ2v) is 5.99. The summed E-state index contributed by atoms with van der Waals surface area (Å²) in [7, 11) is 0. The first-order chi connectivity index (χ1) is 12.2. The van der Waals surface area contributed by atoms with Crippen LogP contribution < -0.4 is 10.1 Å². The third kappa shape index (κ3) is 5.41. The van der Waals surface area contributed by atoms with Gasteiger partial charge < -0.3 is 15.2 Å². The Labute approximate surface area is 149 Å². The summed E-state index contributed by atoms with van der Waals surface area (Å²) in [6.45, 7) is 5.39. The SMILES string of the molecule is CCCNCC(O)COc1c(C(=O)CC)cccc1-c1ccccc1. The summed E-state index contributed by atoms with van der Waals surface area (Å²) >= 11 is 0. The molecular formula is C21H27NO3. The van der Waals surface area contributed by atoms with Gasteiger partial charge >= 0.3 is 0 Å². The number of nitrogens with one attached hydrogen (secondary N) is 1. The highest BCUT2D eigenvalue weighted by atomic mass is 16.5. The summed E-state index contributed by atoms with van der Waals surface area (Å²) in [6, 6.07) is 15.4. The van der Waals surface area contributed by atoms with E-state index >= 15 is 0 Å². The maximum Gasteiger partial charge on any atom is 0.166 e. The van der Waals surface area contributed by atoms with Crippen LogP contribution in [0, 0.1) is 0 Å². The van der Waals surface area contributed by atoms with Crippen molar-refractivity contribution in [2.75, 3.05) is 19.7 Å². The highest BCUT2D eigenvalue weighted by Crippen LogP contribution is 2.34. The van der Waals surface area contributed by atoms with Crippen LogP contribution >= 0.6 is 0 Å². The van der Waals surface area contributed by atoms with Crippen LogP contribution in [0.15, 0.2) is 48.5 Å². The van der Waals surface area contributed by atoms with Gasteiger partial charge in [0.1, 0.15) is 18.5 Å². The van der Waals surface area contributed by atoms with Crippen molar-refractivity contribution in [2.45, 2.75) is 32.8 Å². The van der Waals surface area contributed by atoms with Crippen LogP contribution in [-0.4, -0.2) is 36.7 Å². The summed E-state index contributed by atoms with van der Waals surface area (Å²) in [5.41, 5.74) is 2.42. The monoisotopic (exact) mass is 341 g/mol. The number of aliphatic hydroxyl groups excluding tert-OH is 1. The lowest BCUT2D eigenvalue weighted by Crippen LogP contribution is -2.32. The van der Waals surface area contributed by atoms with Crippen molar-refractivity contribution in [3.63, 3.8) is 0 Å². The van der Waals surface area contributed by atoms with Gasteiger partial charge in [0.25, 0.3) is 0 Å². The average Bonchev–Trinajstić information content (AvgIpc) is 2.66. The Kier molecular flexibility index (Phi) is 7.64. The van der Waals surface area contributed by atoms with E-state index in [-0.39, 0.29) is 12.4 Å². The lowest BCUT2D eigenvalue weighted by molar-refractivity contribution is 0.0956. The normalized spacial score (nSPS) is 12.0. The molecule has 2 N–H and O–H groups in total. The van der Waals surface area contributed by atoms with E-state index in [1.165, 1.54) is 0 Å². The summed E-state index contributed by atoms with van der Waals surface area (Å²) in [5, 5.41) is 13.3. The summed E-state index contributed by atoms with van der Waals surface area (Å²) in [5.74, 6) is 0.585. The van der Waals surface area contributed by atoms with Gasteiger partial charge in [0, 0.05) is 18.5 Å². The number of Topliss-reactive ketones (excluding diaryl/α,β-unsaturated/α-hetero) is 1. The minimum atomic E-state index is -0.625. The van der Waals surface area contributed by atoms with Gasteiger partial charge in [0.15, 0.2) is 5.78 Å². The van der Waals surface area contributed by atoms with E-state index < -0.39 is 6.10 Å². The zero-order chi connectivity index (χ0) is 18.1. The van der Waals surface area contributed by atoms with Crippen molar-refractivity contribution in [1.82, 2.24) is 5.32 Å². The fourth-order valence-electron chi connectivity index (χ4n) is 2.63. The summed E-state index contributed by atoms with van der Waals surface area (Å²) < 4.78 is 5.93. The van der Waals surface area contributed by atoms with E-state index in [4.69, 9.17) is 4.74 Å². The number of rotatable bonds is 10. The molecule has 0 radical (unpaired) electrons. The molecule has 0 aliphatic rings. The van der Waals surface area contributed by atoms with Gasteiger partial charge in [-0.2, -0.15) is 0 Å². The molecule has 0 saturated heterocycles. The molecule has 0 heterocycles. The highest BCUT2D eigenvalue weighted by Gasteiger charge is 2.17. The van der Waals surface area contributed by atoms with E-state index in [0.717, 1.165) is 24.1 Å². The number of carbonyl (C=O) groups is 1. The van der Waals surface area contributed by atoms with Gasteiger partial charge in [-0.25, -0.2) is 0 Å². The number of benzene rings is 2. The van der Waals surface area contributed by atoms with Gasteiger partial charge in [-0.3, -0.25) is 4.79 Å². The molecular weight excluding hydrogens is 314 g/mol. The molecule has 2 aromatic rings. The number of hydrogen-bond acceptors (Lipinski definition) is 4. The lowest BCUT2D eigenvalue weighted by atomic mass is 9.98. The van der Waals surface area contributed by atoms with Gasteiger partial charge in [-0.15, -0.1) is 0 Å². The molecule has 134 valence electrons. The Bertz CT molecular complexity index is 670. The molecule has 4 heteroatoms. The summed E-state index contributed by atoms with van der Waals surface area (Å²) in [6.07, 6.45) is 0.800. The number of hydrogen-bond donors (Lipinski definition) is 2. The second kappa shape index (κ2) is 9.97. The van der Waals surface area contributed by atoms with Crippen molar-refractivity contribution in [3.05, 3.63) is 54.1 Å². The topological polar surface area (TPSA) is 58.6 Å². The molecule has 0 amide bonds. The molecule has 2 rings (SSSR count). The molecule has 1 unspecified atom stereocenters. The van der Waals surface area contributed by atoms with Crippen molar-refractivity contribution < 1.29 is 14.6 Å². The largest absolute Gasteiger partial charge is 0.489 e. The molecule has 0 aliphatic heterocycles. The molecule has 4 nitrogen and oxygen atoms in total. The van der Waals surface area contributed by atoms with Crippen molar-refractivity contribution in [3.8, 4) is 16.9 Å². The third-order valence-corrected chi connectivity index (χ3v) is 3.95. The minimum Gasteiger partial charge on any atom is -0.489 e. The van der Waals surface area contributed by atoms with Crippen LogP contribution in [-0.2, 0) is 0 Å². The number of ketones is 1. The fraction of sp³-hybridized carbons (Fsp3) is 0.381. The van der Waals surface area contributed by atoms with Gasteiger partial charge in [0.2, 0.25) is 0 Å². The van der Waals surface area contributed by atoms with E-state index in [0.29, 0.717) is 24.3 Å². The Hall–Kier alpha value is -2.17. The maximum absolute atomic E-state index is 12.3. The van der Waals surface area contributed by atoms with Crippen LogP contribution in [0.4, 0.5) is 0 Å². The van der Waals surface area contributed by atoms with Crippen LogP contribution in [0.1, 0.15) is 37.0 Å². The number of para-hydroxylation sites is 1. The van der Waals surface area contributed by atoms with Crippen LogP contribution in [0.25, 0.3) is 11.1 Å². The van der Waals surface area contributed by atoms with Crippen molar-refractivity contribution >= 4 is 5.78 Å². The molecule has 2 aromatic carbocycles. The van der Waals surface area contributed by atoms with E-state index in [9.17, 15) is 9.90 Å². The van der Waals surface area contributed by atoms with Crippen molar-refractivity contribution in [2.24, 2.45) is 0 Å². The maximum atomic E-state index is 12.3. The van der Waals surface area contributed by atoms with Gasteiger partial charge in [-0.1, -0.05) is 56.3 Å². The predicted molar refractivity (Wildman–Crippen MR) is 101 cm³/mol. The first-order valence-electron chi connectivity index (χ1n) is 8.90. The third-order valence-electron chi connectivity index (χ3n) is 3.95. The molecule has 0 fully saturated rings. The zero-order valence-corrected chi connectivity index (χ0v) is 15.0. The first kappa shape index (κ1) is 19.2. The van der Waals surface area contributed by atoms with Crippen molar-refractivity contribution in [1.29, 1.82) is 0 Å². The van der Waals surface area contributed by atoms with Crippen LogP contribution in [0.2, 0.25) is 0 Å². The molecule has 1 atom stereocenters. The number of aliphatic hydroxyl groups is 1. The molecule has 0 saturated carbocycles. The lowest BCUT2D eigenvalue weighted by Gasteiger charge is -2.18. The molecule has 0 aromatic heterocycles. The number of ether oxygens (including phenoxy) is 1. The van der Waals surface area contributed by atoms with Crippen LogP contribution in [0.3, 0.4) is 0 Å². The Morgan fingerprint density at radius 3 is 2.56 bits per heavy atom. The van der Waals surface area contributed by atoms with Gasteiger partial charge in [0.05, 0.1) is 5.56 Å². The van der Waals surface area contributed by atoms with Gasteiger partial charge in [-0.05, 0) is 24.6 Å². The number of carbonyl (C=O) groups excluding carboxylic acids is 1. The molecule has 0 bridgehead atoms. The smallest absolute Gasteiger partial charge is 0.166 e. The molecule has 0 aliphatic carbocycles. The Morgan fingerprint density at radius 2 is 1.88 bits per heavy atom. The first-order valence-corrected chi connectivity index (χ1v) is 8.90. The predicted octanol–water partition coefficient (Wildman–Crippen LogP) is 3.69. The zero-order valence-electron chi connectivity index (χ0n) is 15.0. The van der Waals surface area contributed by atoms with E-state index in [1.807, 2.05) is 49.4 Å². The molecule has 25 heavy (non-hydrogen) atoms. The van der Waals surface area contributed by atoms with Crippen LogP contribution in [0.5, 0.6) is 5.75 Å². The van der Waals surface area contributed by atoms with E-state index in [1.54, 1.807) is 6.07 Å². The Morgan fingerprint density at radius 1 is 1.12 bits per heavy atom. The van der Waals surface area contributed by atoms with E-state index in [2.05, 4.69) is 12.2 Å². The highest BCUT2D eigenvalue weighted by molar-refractivity contribution is 6.00. The average molecular weight is 341 g/mol. The Balaban J connectivity index is 2.25. The minimum absolute atomic E-state index is 0.0337.